The zero-order valence-corrected chi connectivity index (χ0v) is 15.1. The fourth-order valence-corrected chi connectivity index (χ4v) is 2.93. The van der Waals surface area contributed by atoms with Gasteiger partial charge in [0.2, 0.25) is 5.91 Å². The van der Waals surface area contributed by atoms with Crippen molar-refractivity contribution in [3.8, 4) is 0 Å². The number of nitrogens with two attached hydrogens (primary N) is 1. The molecule has 0 bridgehead atoms. The van der Waals surface area contributed by atoms with Gasteiger partial charge in [-0.05, 0) is 36.8 Å². The number of guanidine groups is 1. The highest BCUT2D eigenvalue weighted by Crippen LogP contribution is 2.17. The Bertz CT molecular complexity index is 565. The number of aliphatic imine (C=N–C) groups is 1. The van der Waals surface area contributed by atoms with Gasteiger partial charge in [-0.25, -0.2) is 0 Å². The Morgan fingerprint density at radius 2 is 2.00 bits per heavy atom. The van der Waals surface area contributed by atoms with E-state index in [1.54, 1.807) is 0 Å². The van der Waals surface area contributed by atoms with Crippen molar-refractivity contribution in [1.29, 1.82) is 0 Å². The molecule has 1 aromatic rings. The van der Waals surface area contributed by atoms with Crippen LogP contribution in [0.1, 0.15) is 44.2 Å². The number of hydrogen-bond donors (Lipinski definition) is 2. The van der Waals surface area contributed by atoms with E-state index in [1.165, 1.54) is 5.56 Å². The number of rotatable bonds is 8. The molecule has 5 heteroatoms. The SMILES string of the molecule is CC(C)Cc1ccc(C(C)C(=O)NCCCN2CCN=C2N)cc1. The normalized spacial score (nSPS) is 15.5. The van der Waals surface area contributed by atoms with Crippen LogP contribution >= 0.6 is 0 Å². The second-order valence-electron chi connectivity index (χ2n) is 6.93. The first-order chi connectivity index (χ1) is 11.5. The highest BCUT2D eigenvalue weighted by molar-refractivity contribution is 5.83. The Balaban J connectivity index is 1.74. The maximum absolute atomic E-state index is 12.3. The summed E-state index contributed by atoms with van der Waals surface area (Å²) in [5.74, 6) is 1.22. The summed E-state index contributed by atoms with van der Waals surface area (Å²) in [6, 6.07) is 8.41. The van der Waals surface area contributed by atoms with E-state index in [1.807, 2.05) is 6.92 Å². The van der Waals surface area contributed by atoms with Crippen LogP contribution in [0.3, 0.4) is 0 Å². The Hall–Kier alpha value is -2.04. The second-order valence-corrected chi connectivity index (χ2v) is 6.93. The molecular weight excluding hydrogens is 300 g/mol. The van der Waals surface area contributed by atoms with Gasteiger partial charge in [0, 0.05) is 19.6 Å². The highest BCUT2D eigenvalue weighted by atomic mass is 16.1. The van der Waals surface area contributed by atoms with Crippen molar-refractivity contribution in [2.75, 3.05) is 26.2 Å². The van der Waals surface area contributed by atoms with Crippen LogP contribution in [0.15, 0.2) is 29.3 Å². The van der Waals surface area contributed by atoms with Crippen molar-refractivity contribution in [3.63, 3.8) is 0 Å². The largest absolute Gasteiger partial charge is 0.370 e. The van der Waals surface area contributed by atoms with E-state index in [4.69, 9.17) is 5.73 Å². The number of carbonyl (C=O) groups excluding carboxylic acids is 1. The van der Waals surface area contributed by atoms with E-state index in [9.17, 15) is 4.79 Å². The molecule has 1 unspecified atom stereocenters. The molecule has 24 heavy (non-hydrogen) atoms. The van der Waals surface area contributed by atoms with Crippen molar-refractivity contribution < 1.29 is 4.79 Å². The molecule has 1 heterocycles. The van der Waals surface area contributed by atoms with Gasteiger partial charge >= 0.3 is 0 Å². The molecule has 3 N–H and O–H groups in total. The second kappa shape index (κ2) is 8.71. The van der Waals surface area contributed by atoms with E-state index >= 15 is 0 Å². The number of amides is 1. The van der Waals surface area contributed by atoms with Gasteiger partial charge in [-0.2, -0.15) is 0 Å². The molecule has 0 aliphatic carbocycles. The lowest BCUT2D eigenvalue weighted by Gasteiger charge is -2.18. The summed E-state index contributed by atoms with van der Waals surface area (Å²) in [7, 11) is 0. The Kier molecular flexibility index (Phi) is 6.64. The first kappa shape index (κ1) is 18.3. The first-order valence-corrected chi connectivity index (χ1v) is 8.88. The van der Waals surface area contributed by atoms with Crippen LogP contribution < -0.4 is 11.1 Å². The Morgan fingerprint density at radius 3 is 2.58 bits per heavy atom. The van der Waals surface area contributed by atoms with Crippen LogP contribution in [0.2, 0.25) is 0 Å². The molecule has 1 aliphatic rings. The minimum absolute atomic E-state index is 0.0784. The van der Waals surface area contributed by atoms with E-state index in [0.29, 0.717) is 18.4 Å². The van der Waals surface area contributed by atoms with Crippen molar-refractivity contribution in [2.24, 2.45) is 16.6 Å². The lowest BCUT2D eigenvalue weighted by Crippen LogP contribution is -2.36. The fourth-order valence-electron chi connectivity index (χ4n) is 2.93. The van der Waals surface area contributed by atoms with Gasteiger partial charge in [-0.1, -0.05) is 38.1 Å². The van der Waals surface area contributed by atoms with E-state index in [-0.39, 0.29) is 11.8 Å². The van der Waals surface area contributed by atoms with Gasteiger partial charge in [0.25, 0.3) is 0 Å². The summed E-state index contributed by atoms with van der Waals surface area (Å²) in [4.78, 5) is 18.5. The standard InChI is InChI=1S/C19H30N4O/c1-14(2)13-16-5-7-17(8-6-16)15(3)18(24)21-9-4-11-23-12-10-22-19(23)20/h5-8,14-15H,4,9-13H2,1-3H3,(H2,20,22)(H,21,24). The van der Waals surface area contributed by atoms with Crippen LogP contribution in [-0.4, -0.2) is 42.9 Å². The zero-order chi connectivity index (χ0) is 17.5. The number of nitrogens with one attached hydrogen (secondary N) is 1. The molecule has 0 aromatic heterocycles. The van der Waals surface area contributed by atoms with Gasteiger partial charge in [0.1, 0.15) is 0 Å². The summed E-state index contributed by atoms with van der Waals surface area (Å²) in [5.41, 5.74) is 8.17. The number of nitrogens with zero attached hydrogens (tertiary/aromatic N) is 2. The van der Waals surface area contributed by atoms with Gasteiger partial charge in [0.15, 0.2) is 5.96 Å². The van der Waals surface area contributed by atoms with Crippen molar-refractivity contribution in [3.05, 3.63) is 35.4 Å². The highest BCUT2D eigenvalue weighted by Gasteiger charge is 2.16. The summed E-state index contributed by atoms with van der Waals surface area (Å²) in [6.07, 6.45) is 1.95. The van der Waals surface area contributed by atoms with Crippen LogP contribution in [0.5, 0.6) is 0 Å². The summed E-state index contributed by atoms with van der Waals surface area (Å²) < 4.78 is 0. The van der Waals surface area contributed by atoms with E-state index in [0.717, 1.165) is 38.0 Å². The Morgan fingerprint density at radius 1 is 1.29 bits per heavy atom. The van der Waals surface area contributed by atoms with Gasteiger partial charge < -0.3 is 16.0 Å². The third kappa shape index (κ3) is 5.25. The van der Waals surface area contributed by atoms with Crippen LogP contribution in [0, 0.1) is 5.92 Å². The zero-order valence-electron chi connectivity index (χ0n) is 15.1. The third-order valence-electron chi connectivity index (χ3n) is 4.39. The molecule has 0 saturated carbocycles. The Labute approximate surface area is 145 Å². The van der Waals surface area contributed by atoms with Gasteiger partial charge in [-0.3, -0.25) is 9.79 Å². The molecule has 1 aliphatic heterocycles. The predicted octanol–water partition coefficient (Wildman–Crippen LogP) is 2.13. The molecule has 5 nitrogen and oxygen atoms in total. The monoisotopic (exact) mass is 330 g/mol. The molecule has 1 amide bonds. The molecule has 1 aromatic carbocycles. The van der Waals surface area contributed by atoms with E-state index < -0.39 is 0 Å². The van der Waals surface area contributed by atoms with Crippen LogP contribution in [0.4, 0.5) is 0 Å². The molecule has 0 spiro atoms. The third-order valence-corrected chi connectivity index (χ3v) is 4.39. The fraction of sp³-hybridized carbons (Fsp3) is 0.579. The van der Waals surface area contributed by atoms with Crippen molar-refractivity contribution >= 4 is 11.9 Å². The van der Waals surface area contributed by atoms with Gasteiger partial charge in [0.05, 0.1) is 12.5 Å². The van der Waals surface area contributed by atoms with Crippen molar-refractivity contribution in [2.45, 2.75) is 39.5 Å². The molecule has 1 atom stereocenters. The topological polar surface area (TPSA) is 70.7 Å². The average Bonchev–Trinajstić information content (AvgIpc) is 2.96. The van der Waals surface area contributed by atoms with E-state index in [2.05, 4.69) is 53.3 Å². The summed E-state index contributed by atoms with van der Waals surface area (Å²) in [5, 5.41) is 3.02. The van der Waals surface area contributed by atoms with Crippen LogP contribution in [0.25, 0.3) is 0 Å². The quantitative estimate of drug-likeness (QED) is 0.717. The molecule has 2 rings (SSSR count). The summed E-state index contributed by atoms with van der Waals surface area (Å²) in [6.45, 7) is 9.56. The maximum Gasteiger partial charge on any atom is 0.227 e. The average molecular weight is 330 g/mol. The first-order valence-electron chi connectivity index (χ1n) is 8.88. The van der Waals surface area contributed by atoms with Crippen molar-refractivity contribution in [1.82, 2.24) is 10.2 Å². The minimum Gasteiger partial charge on any atom is -0.370 e. The molecular formula is C19H30N4O. The maximum atomic E-state index is 12.3. The number of benzene rings is 1. The lowest BCUT2D eigenvalue weighted by atomic mass is 9.96. The summed E-state index contributed by atoms with van der Waals surface area (Å²) >= 11 is 0. The molecule has 0 fully saturated rings. The minimum atomic E-state index is -0.128. The molecule has 132 valence electrons. The van der Waals surface area contributed by atoms with Crippen LogP contribution in [-0.2, 0) is 11.2 Å². The van der Waals surface area contributed by atoms with Gasteiger partial charge in [-0.15, -0.1) is 0 Å². The predicted molar refractivity (Wildman–Crippen MR) is 99.1 cm³/mol. The number of carbonyl (C=O) groups is 1. The number of hydrogen-bond acceptors (Lipinski definition) is 4. The molecule has 0 saturated heterocycles. The lowest BCUT2D eigenvalue weighted by molar-refractivity contribution is -0.122. The molecule has 0 radical (unpaired) electrons. The smallest absolute Gasteiger partial charge is 0.227 e.